The van der Waals surface area contributed by atoms with Gasteiger partial charge in [0, 0.05) is 41.7 Å². The van der Waals surface area contributed by atoms with Crippen LogP contribution in [0.1, 0.15) is 10.5 Å². The summed E-state index contributed by atoms with van der Waals surface area (Å²) in [6, 6.07) is 17.5. The highest BCUT2D eigenvalue weighted by molar-refractivity contribution is 7.99. The summed E-state index contributed by atoms with van der Waals surface area (Å²) < 4.78 is 5.31. The van der Waals surface area contributed by atoms with Crippen LogP contribution in [0.25, 0.3) is 10.9 Å². The number of ether oxygens (including phenoxy) is 1. The number of benzene rings is 2. The zero-order valence-corrected chi connectivity index (χ0v) is 16.0. The molecule has 0 radical (unpaired) electrons. The number of thioether (sulfide) groups is 1. The number of para-hydroxylation sites is 1. The summed E-state index contributed by atoms with van der Waals surface area (Å²) in [4.78, 5) is 19.5. The molecule has 27 heavy (non-hydrogen) atoms. The molecular formula is C21H21N3O2S. The SMILES string of the molecule is COc1cccc(Nc2cc(C(=O)N3CCSCC3)nc3ccccc23)c1. The first-order valence-corrected chi connectivity index (χ1v) is 10.1. The summed E-state index contributed by atoms with van der Waals surface area (Å²) in [6.45, 7) is 1.55. The van der Waals surface area contributed by atoms with Crippen LogP contribution in [0, 0.1) is 0 Å². The van der Waals surface area contributed by atoms with Gasteiger partial charge in [-0.3, -0.25) is 4.79 Å². The van der Waals surface area contributed by atoms with Gasteiger partial charge in [0.25, 0.3) is 5.91 Å². The van der Waals surface area contributed by atoms with Gasteiger partial charge >= 0.3 is 0 Å². The Bertz CT molecular complexity index is 971. The first-order chi connectivity index (χ1) is 13.2. The number of hydrogen-bond donors (Lipinski definition) is 1. The molecule has 0 saturated carbocycles. The molecule has 5 nitrogen and oxygen atoms in total. The van der Waals surface area contributed by atoms with Crippen molar-refractivity contribution in [2.24, 2.45) is 0 Å². The Morgan fingerprint density at radius 2 is 1.93 bits per heavy atom. The molecule has 0 unspecified atom stereocenters. The van der Waals surface area contributed by atoms with Crippen molar-refractivity contribution in [3.63, 3.8) is 0 Å². The van der Waals surface area contributed by atoms with Crippen molar-refractivity contribution in [3.05, 3.63) is 60.3 Å². The van der Waals surface area contributed by atoms with E-state index in [0.717, 1.165) is 52.6 Å². The van der Waals surface area contributed by atoms with E-state index in [2.05, 4.69) is 10.3 Å². The fraction of sp³-hybridized carbons (Fsp3) is 0.238. The Morgan fingerprint density at radius 3 is 2.74 bits per heavy atom. The molecule has 0 aliphatic carbocycles. The first kappa shape index (κ1) is 17.7. The molecule has 3 aromatic rings. The molecule has 6 heteroatoms. The minimum Gasteiger partial charge on any atom is -0.497 e. The summed E-state index contributed by atoms with van der Waals surface area (Å²) in [5.41, 5.74) is 3.05. The number of pyridine rings is 1. The highest BCUT2D eigenvalue weighted by Gasteiger charge is 2.21. The average Bonchev–Trinajstić information content (AvgIpc) is 2.74. The average molecular weight is 379 g/mol. The predicted molar refractivity (Wildman–Crippen MR) is 111 cm³/mol. The number of carbonyl (C=O) groups is 1. The van der Waals surface area contributed by atoms with Gasteiger partial charge in [0.05, 0.1) is 18.3 Å². The van der Waals surface area contributed by atoms with Gasteiger partial charge in [0.2, 0.25) is 0 Å². The number of carbonyl (C=O) groups excluding carboxylic acids is 1. The van der Waals surface area contributed by atoms with Crippen LogP contribution >= 0.6 is 11.8 Å². The van der Waals surface area contributed by atoms with Crippen molar-refractivity contribution in [1.29, 1.82) is 0 Å². The van der Waals surface area contributed by atoms with Gasteiger partial charge < -0.3 is 15.0 Å². The number of aromatic nitrogens is 1. The molecule has 1 amide bonds. The summed E-state index contributed by atoms with van der Waals surface area (Å²) in [6.07, 6.45) is 0. The topological polar surface area (TPSA) is 54.5 Å². The third kappa shape index (κ3) is 3.85. The van der Waals surface area contributed by atoms with E-state index in [0.29, 0.717) is 5.69 Å². The minimum absolute atomic E-state index is 0.00487. The summed E-state index contributed by atoms with van der Waals surface area (Å²) in [5, 5.41) is 4.40. The Morgan fingerprint density at radius 1 is 1.11 bits per heavy atom. The van der Waals surface area contributed by atoms with Crippen molar-refractivity contribution < 1.29 is 9.53 Å². The molecule has 1 aliphatic heterocycles. The monoisotopic (exact) mass is 379 g/mol. The second-order valence-electron chi connectivity index (χ2n) is 6.33. The third-order valence-electron chi connectivity index (χ3n) is 4.58. The van der Waals surface area contributed by atoms with Crippen LogP contribution in [0.4, 0.5) is 11.4 Å². The van der Waals surface area contributed by atoms with Crippen LogP contribution in [-0.4, -0.2) is 47.5 Å². The second kappa shape index (κ2) is 7.88. The van der Waals surface area contributed by atoms with E-state index < -0.39 is 0 Å². The number of fused-ring (bicyclic) bond motifs is 1. The number of nitrogens with zero attached hydrogens (tertiary/aromatic N) is 2. The number of methoxy groups -OCH3 is 1. The molecule has 138 valence electrons. The van der Waals surface area contributed by atoms with Crippen molar-refractivity contribution in [3.8, 4) is 5.75 Å². The Hall–Kier alpha value is -2.73. The van der Waals surface area contributed by atoms with Gasteiger partial charge in [-0.05, 0) is 24.3 Å². The zero-order valence-electron chi connectivity index (χ0n) is 15.1. The Balaban J connectivity index is 1.73. The van der Waals surface area contributed by atoms with E-state index in [1.54, 1.807) is 7.11 Å². The molecule has 4 rings (SSSR count). The molecule has 1 aliphatic rings. The molecular weight excluding hydrogens is 358 g/mol. The van der Waals surface area contributed by atoms with Gasteiger partial charge in [-0.1, -0.05) is 24.3 Å². The Kier molecular flexibility index (Phi) is 5.16. The second-order valence-corrected chi connectivity index (χ2v) is 7.56. The lowest BCUT2D eigenvalue weighted by atomic mass is 10.1. The lowest BCUT2D eigenvalue weighted by molar-refractivity contribution is 0.0767. The van der Waals surface area contributed by atoms with Crippen LogP contribution in [-0.2, 0) is 0 Å². The molecule has 1 N–H and O–H groups in total. The fourth-order valence-corrected chi connectivity index (χ4v) is 4.08. The standard InChI is InChI=1S/C21H21N3O2S/c1-26-16-6-4-5-15(13-16)22-19-14-20(21(25)24-9-11-27-12-10-24)23-18-8-3-2-7-17(18)19/h2-8,13-14H,9-12H2,1H3,(H,22,23). The van der Waals surface area contributed by atoms with E-state index in [1.807, 2.05) is 71.3 Å². The molecule has 2 aromatic carbocycles. The maximum absolute atomic E-state index is 13.0. The van der Waals surface area contributed by atoms with Gasteiger partial charge in [0.15, 0.2) is 0 Å². The van der Waals surface area contributed by atoms with Crippen molar-refractivity contribution >= 4 is 39.9 Å². The molecule has 2 heterocycles. The number of hydrogen-bond acceptors (Lipinski definition) is 5. The van der Waals surface area contributed by atoms with Crippen molar-refractivity contribution in [2.45, 2.75) is 0 Å². The molecule has 1 saturated heterocycles. The Labute approximate surface area is 162 Å². The molecule has 0 spiro atoms. The smallest absolute Gasteiger partial charge is 0.272 e. The van der Waals surface area contributed by atoms with Gasteiger partial charge in [-0.25, -0.2) is 4.98 Å². The van der Waals surface area contributed by atoms with Crippen LogP contribution in [0.3, 0.4) is 0 Å². The van der Waals surface area contributed by atoms with Crippen LogP contribution in [0.2, 0.25) is 0 Å². The van der Waals surface area contributed by atoms with E-state index in [4.69, 9.17) is 4.74 Å². The van der Waals surface area contributed by atoms with E-state index in [1.165, 1.54) is 0 Å². The normalized spacial score (nSPS) is 14.2. The van der Waals surface area contributed by atoms with E-state index >= 15 is 0 Å². The van der Waals surface area contributed by atoms with Crippen molar-refractivity contribution in [2.75, 3.05) is 37.0 Å². The highest BCUT2D eigenvalue weighted by atomic mass is 32.2. The fourth-order valence-electron chi connectivity index (χ4n) is 3.17. The molecule has 0 atom stereocenters. The van der Waals surface area contributed by atoms with Crippen molar-refractivity contribution in [1.82, 2.24) is 9.88 Å². The maximum atomic E-state index is 13.0. The predicted octanol–water partition coefficient (Wildman–Crippen LogP) is 4.18. The third-order valence-corrected chi connectivity index (χ3v) is 5.52. The zero-order chi connectivity index (χ0) is 18.6. The lowest BCUT2D eigenvalue weighted by Gasteiger charge is -2.26. The number of anilines is 2. The maximum Gasteiger partial charge on any atom is 0.272 e. The minimum atomic E-state index is -0.00487. The first-order valence-electron chi connectivity index (χ1n) is 8.92. The lowest BCUT2D eigenvalue weighted by Crippen LogP contribution is -2.38. The van der Waals surface area contributed by atoms with Gasteiger partial charge in [-0.15, -0.1) is 0 Å². The highest BCUT2D eigenvalue weighted by Crippen LogP contribution is 2.28. The number of amides is 1. The van der Waals surface area contributed by atoms with E-state index in [9.17, 15) is 4.79 Å². The summed E-state index contributed by atoms with van der Waals surface area (Å²) in [7, 11) is 1.65. The largest absolute Gasteiger partial charge is 0.497 e. The van der Waals surface area contributed by atoms with E-state index in [-0.39, 0.29) is 5.91 Å². The number of nitrogens with one attached hydrogen (secondary N) is 1. The summed E-state index contributed by atoms with van der Waals surface area (Å²) >= 11 is 1.88. The molecule has 1 fully saturated rings. The quantitative estimate of drug-likeness (QED) is 0.737. The van der Waals surface area contributed by atoms with Crippen LogP contribution < -0.4 is 10.1 Å². The van der Waals surface area contributed by atoms with Crippen LogP contribution in [0.15, 0.2) is 54.6 Å². The molecule has 0 bridgehead atoms. The van der Waals surface area contributed by atoms with Gasteiger partial charge in [0.1, 0.15) is 11.4 Å². The summed E-state index contributed by atoms with van der Waals surface area (Å²) in [5.74, 6) is 2.73. The number of rotatable bonds is 4. The van der Waals surface area contributed by atoms with Crippen LogP contribution in [0.5, 0.6) is 5.75 Å². The van der Waals surface area contributed by atoms with Gasteiger partial charge in [-0.2, -0.15) is 11.8 Å². The molecule has 1 aromatic heterocycles.